The summed E-state index contributed by atoms with van der Waals surface area (Å²) in [5, 5.41) is 11.1. The van der Waals surface area contributed by atoms with Crippen molar-refractivity contribution in [3.05, 3.63) is 16.6 Å². The molecular formula is C11H16N2O2S. The van der Waals surface area contributed by atoms with E-state index in [9.17, 15) is 4.79 Å². The van der Waals surface area contributed by atoms with Crippen LogP contribution in [0.1, 0.15) is 25.6 Å². The molecule has 5 heteroatoms. The Labute approximate surface area is 98.9 Å². The number of hydrogen-bond acceptors (Lipinski definition) is 4. The van der Waals surface area contributed by atoms with Crippen molar-refractivity contribution >= 4 is 17.3 Å². The number of carboxylic acid groups (broad SMARTS) is 1. The quantitative estimate of drug-likeness (QED) is 0.876. The third-order valence-corrected chi connectivity index (χ3v) is 3.99. The number of likely N-dealkylation sites (tertiary alicyclic amines) is 1. The number of carboxylic acids is 1. The predicted molar refractivity (Wildman–Crippen MR) is 62.4 cm³/mol. The fourth-order valence-electron chi connectivity index (χ4n) is 2.26. The fraction of sp³-hybridized carbons (Fsp3) is 0.636. The van der Waals surface area contributed by atoms with Crippen molar-refractivity contribution in [2.24, 2.45) is 11.8 Å². The van der Waals surface area contributed by atoms with E-state index in [0.29, 0.717) is 6.54 Å². The lowest BCUT2D eigenvalue weighted by atomic mass is 9.99. The van der Waals surface area contributed by atoms with Crippen molar-refractivity contribution in [3.63, 3.8) is 0 Å². The van der Waals surface area contributed by atoms with Crippen molar-refractivity contribution < 1.29 is 9.90 Å². The molecule has 88 valence electrons. The number of nitrogens with zero attached hydrogens (tertiary/aromatic N) is 2. The van der Waals surface area contributed by atoms with Gasteiger partial charge in [-0.05, 0) is 12.8 Å². The Kier molecular flexibility index (Phi) is 3.25. The van der Waals surface area contributed by atoms with Gasteiger partial charge in [0, 0.05) is 18.5 Å². The molecule has 3 unspecified atom stereocenters. The summed E-state index contributed by atoms with van der Waals surface area (Å²) in [6.45, 7) is 5.57. The Bertz CT molecular complexity index is 366. The van der Waals surface area contributed by atoms with Gasteiger partial charge in [-0.25, -0.2) is 4.98 Å². The molecule has 1 fully saturated rings. The first-order chi connectivity index (χ1) is 7.59. The van der Waals surface area contributed by atoms with E-state index in [-0.39, 0.29) is 17.9 Å². The highest BCUT2D eigenvalue weighted by Crippen LogP contribution is 2.30. The molecule has 4 nitrogen and oxygen atoms in total. The van der Waals surface area contributed by atoms with Crippen molar-refractivity contribution in [2.75, 3.05) is 13.1 Å². The SMILES string of the molecule is CC1CN(C(C)c2cscn2)CC1C(=O)O. The van der Waals surface area contributed by atoms with Crippen molar-refractivity contribution in [2.45, 2.75) is 19.9 Å². The summed E-state index contributed by atoms with van der Waals surface area (Å²) in [4.78, 5) is 17.5. The molecule has 0 aromatic carbocycles. The van der Waals surface area contributed by atoms with Crippen molar-refractivity contribution in [1.82, 2.24) is 9.88 Å². The molecule has 0 aliphatic carbocycles. The van der Waals surface area contributed by atoms with Gasteiger partial charge in [-0.1, -0.05) is 6.92 Å². The van der Waals surface area contributed by atoms with Crippen LogP contribution >= 0.6 is 11.3 Å². The number of thiazole rings is 1. The van der Waals surface area contributed by atoms with Gasteiger partial charge in [0.2, 0.25) is 0 Å². The van der Waals surface area contributed by atoms with E-state index in [2.05, 4.69) is 16.8 Å². The number of hydrogen-bond donors (Lipinski definition) is 1. The Morgan fingerprint density at radius 1 is 1.69 bits per heavy atom. The number of aliphatic carboxylic acids is 1. The summed E-state index contributed by atoms with van der Waals surface area (Å²) >= 11 is 1.58. The average molecular weight is 240 g/mol. The lowest BCUT2D eigenvalue weighted by Crippen LogP contribution is -2.26. The average Bonchev–Trinajstić information content (AvgIpc) is 2.84. The lowest BCUT2D eigenvalue weighted by molar-refractivity contribution is -0.142. The zero-order valence-corrected chi connectivity index (χ0v) is 10.3. The van der Waals surface area contributed by atoms with Crippen molar-refractivity contribution in [1.29, 1.82) is 0 Å². The van der Waals surface area contributed by atoms with Gasteiger partial charge in [-0.15, -0.1) is 11.3 Å². The van der Waals surface area contributed by atoms with Crippen LogP contribution in [0.15, 0.2) is 10.9 Å². The van der Waals surface area contributed by atoms with Gasteiger partial charge in [0.05, 0.1) is 23.2 Å². The molecule has 1 aliphatic rings. The van der Waals surface area contributed by atoms with Crippen LogP contribution in [0.5, 0.6) is 0 Å². The minimum absolute atomic E-state index is 0.220. The molecule has 1 saturated heterocycles. The zero-order valence-electron chi connectivity index (χ0n) is 9.46. The van der Waals surface area contributed by atoms with E-state index in [4.69, 9.17) is 5.11 Å². The first kappa shape index (κ1) is 11.5. The molecule has 0 saturated carbocycles. The van der Waals surface area contributed by atoms with Crippen LogP contribution in [0, 0.1) is 11.8 Å². The summed E-state index contributed by atoms with van der Waals surface area (Å²) < 4.78 is 0. The van der Waals surface area contributed by atoms with Crippen LogP contribution < -0.4 is 0 Å². The summed E-state index contributed by atoms with van der Waals surface area (Å²) in [5.74, 6) is -0.694. The van der Waals surface area contributed by atoms with Gasteiger partial charge >= 0.3 is 5.97 Å². The van der Waals surface area contributed by atoms with Crippen LogP contribution in [-0.4, -0.2) is 34.0 Å². The molecule has 2 rings (SSSR count). The summed E-state index contributed by atoms with van der Waals surface area (Å²) in [5.41, 5.74) is 2.86. The molecule has 16 heavy (non-hydrogen) atoms. The van der Waals surface area contributed by atoms with Gasteiger partial charge in [0.15, 0.2) is 0 Å². The second-order valence-corrected chi connectivity index (χ2v) is 5.18. The molecule has 0 bridgehead atoms. The normalized spacial score (nSPS) is 28.1. The maximum absolute atomic E-state index is 11.0. The van der Waals surface area contributed by atoms with Gasteiger partial charge in [-0.2, -0.15) is 0 Å². The molecule has 0 amide bonds. The van der Waals surface area contributed by atoms with Gasteiger partial charge in [0.1, 0.15) is 0 Å². The van der Waals surface area contributed by atoms with E-state index < -0.39 is 5.97 Å². The summed E-state index contributed by atoms with van der Waals surface area (Å²) in [7, 11) is 0. The van der Waals surface area contributed by atoms with Crippen LogP contribution in [0.2, 0.25) is 0 Å². The minimum atomic E-state index is -0.680. The van der Waals surface area contributed by atoms with E-state index in [1.54, 1.807) is 11.3 Å². The van der Waals surface area contributed by atoms with E-state index in [1.165, 1.54) is 0 Å². The highest BCUT2D eigenvalue weighted by molar-refractivity contribution is 7.07. The predicted octanol–water partition coefficient (Wildman–Crippen LogP) is 1.86. The molecular weight excluding hydrogens is 224 g/mol. The third kappa shape index (κ3) is 2.10. The van der Waals surface area contributed by atoms with Gasteiger partial charge in [0.25, 0.3) is 0 Å². The van der Waals surface area contributed by atoms with Crippen LogP contribution in [0.4, 0.5) is 0 Å². The van der Waals surface area contributed by atoms with E-state index >= 15 is 0 Å². The second-order valence-electron chi connectivity index (χ2n) is 4.47. The van der Waals surface area contributed by atoms with Crippen LogP contribution in [-0.2, 0) is 4.79 Å². The molecule has 2 heterocycles. The summed E-state index contributed by atoms with van der Waals surface area (Å²) in [6, 6.07) is 0.220. The summed E-state index contributed by atoms with van der Waals surface area (Å²) in [6.07, 6.45) is 0. The van der Waals surface area contributed by atoms with E-state index in [0.717, 1.165) is 12.2 Å². The van der Waals surface area contributed by atoms with E-state index in [1.807, 2.05) is 17.8 Å². The van der Waals surface area contributed by atoms with Gasteiger partial charge < -0.3 is 5.11 Å². The Morgan fingerprint density at radius 3 is 2.94 bits per heavy atom. The lowest BCUT2D eigenvalue weighted by Gasteiger charge is -2.22. The Morgan fingerprint density at radius 2 is 2.44 bits per heavy atom. The first-order valence-corrected chi connectivity index (χ1v) is 6.38. The molecule has 0 spiro atoms. The first-order valence-electron chi connectivity index (χ1n) is 5.44. The van der Waals surface area contributed by atoms with Crippen LogP contribution in [0.3, 0.4) is 0 Å². The Balaban J connectivity index is 2.05. The van der Waals surface area contributed by atoms with Gasteiger partial charge in [-0.3, -0.25) is 9.69 Å². The molecule has 0 radical (unpaired) electrons. The Hall–Kier alpha value is -0.940. The molecule has 3 atom stereocenters. The molecule has 1 aromatic heterocycles. The maximum Gasteiger partial charge on any atom is 0.308 e. The molecule has 1 aliphatic heterocycles. The standard InChI is InChI=1S/C11H16N2O2S/c1-7-3-13(4-9(7)11(14)15)8(2)10-5-16-6-12-10/h5-9H,3-4H2,1-2H3,(H,14,15). The van der Waals surface area contributed by atoms with Crippen molar-refractivity contribution in [3.8, 4) is 0 Å². The third-order valence-electron chi connectivity index (χ3n) is 3.38. The number of rotatable bonds is 3. The highest BCUT2D eigenvalue weighted by Gasteiger charge is 2.37. The second kappa shape index (κ2) is 4.51. The molecule has 1 N–H and O–H groups in total. The minimum Gasteiger partial charge on any atom is -0.481 e. The maximum atomic E-state index is 11.0. The number of carbonyl (C=O) groups is 1. The fourth-order valence-corrected chi connectivity index (χ4v) is 2.90. The number of aromatic nitrogens is 1. The topological polar surface area (TPSA) is 53.4 Å². The highest BCUT2D eigenvalue weighted by atomic mass is 32.1. The zero-order chi connectivity index (χ0) is 11.7. The van der Waals surface area contributed by atoms with Crippen LogP contribution in [0.25, 0.3) is 0 Å². The molecule has 1 aromatic rings. The smallest absolute Gasteiger partial charge is 0.308 e. The largest absolute Gasteiger partial charge is 0.481 e. The monoisotopic (exact) mass is 240 g/mol.